The van der Waals surface area contributed by atoms with Crippen molar-refractivity contribution in [2.75, 3.05) is 5.32 Å². The van der Waals surface area contributed by atoms with Gasteiger partial charge in [-0.2, -0.15) is 18.3 Å². The molecule has 1 N–H and O–H groups in total. The van der Waals surface area contributed by atoms with Crippen LogP contribution in [0.25, 0.3) is 10.9 Å². The highest BCUT2D eigenvalue weighted by molar-refractivity contribution is 5.91. The van der Waals surface area contributed by atoms with Crippen molar-refractivity contribution in [1.82, 2.24) is 14.8 Å². The van der Waals surface area contributed by atoms with Crippen LogP contribution < -0.4 is 5.32 Å². The number of fused-ring (bicyclic) bond motifs is 1. The molecule has 0 amide bonds. The molecule has 0 bridgehead atoms. The molecule has 24 heavy (non-hydrogen) atoms. The van der Waals surface area contributed by atoms with Crippen molar-refractivity contribution in [2.45, 2.75) is 26.1 Å². The first-order chi connectivity index (χ1) is 11.4. The first-order valence-corrected chi connectivity index (χ1v) is 7.59. The van der Waals surface area contributed by atoms with Gasteiger partial charge in [0, 0.05) is 42.6 Å². The maximum atomic E-state index is 12.8. The van der Waals surface area contributed by atoms with E-state index in [1.165, 1.54) is 12.3 Å². The first kappa shape index (κ1) is 16.3. The lowest BCUT2D eigenvalue weighted by Gasteiger charge is -2.11. The van der Waals surface area contributed by atoms with Gasteiger partial charge in [0.1, 0.15) is 0 Å². The number of pyridine rings is 1. The first-order valence-electron chi connectivity index (χ1n) is 7.59. The summed E-state index contributed by atoms with van der Waals surface area (Å²) in [5.41, 5.74) is 2.44. The van der Waals surface area contributed by atoms with Crippen molar-refractivity contribution in [3.63, 3.8) is 0 Å². The molecule has 7 heteroatoms. The van der Waals surface area contributed by atoms with E-state index in [2.05, 4.69) is 15.4 Å². The molecule has 1 aromatic carbocycles. The van der Waals surface area contributed by atoms with Crippen molar-refractivity contribution in [1.29, 1.82) is 0 Å². The molecule has 0 aliphatic carbocycles. The van der Waals surface area contributed by atoms with E-state index in [-0.39, 0.29) is 0 Å². The largest absolute Gasteiger partial charge is 0.416 e. The van der Waals surface area contributed by atoms with Crippen molar-refractivity contribution in [2.24, 2.45) is 7.05 Å². The molecule has 3 aromatic rings. The highest BCUT2D eigenvalue weighted by Crippen LogP contribution is 2.32. The number of nitrogens with one attached hydrogen (secondary N) is 1. The van der Waals surface area contributed by atoms with Gasteiger partial charge in [-0.05, 0) is 24.6 Å². The second kappa shape index (κ2) is 6.14. The second-order valence-electron chi connectivity index (χ2n) is 5.57. The number of rotatable bonds is 4. The van der Waals surface area contributed by atoms with Crippen molar-refractivity contribution in [3.05, 3.63) is 53.5 Å². The number of halogens is 3. The van der Waals surface area contributed by atoms with E-state index >= 15 is 0 Å². The van der Waals surface area contributed by atoms with Crippen molar-refractivity contribution < 1.29 is 13.2 Å². The van der Waals surface area contributed by atoms with E-state index < -0.39 is 11.7 Å². The molecule has 0 atom stereocenters. The smallest absolute Gasteiger partial charge is 0.380 e. The minimum atomic E-state index is -4.37. The lowest BCUT2D eigenvalue weighted by Crippen LogP contribution is -2.05. The number of aryl methyl sites for hydroxylation is 2. The Morgan fingerprint density at radius 3 is 2.71 bits per heavy atom. The fourth-order valence-electron chi connectivity index (χ4n) is 2.70. The fraction of sp³-hybridized carbons (Fsp3) is 0.294. The molecule has 0 saturated heterocycles. The number of nitrogens with zero attached hydrogens (tertiary/aromatic N) is 3. The number of alkyl halides is 3. The third kappa shape index (κ3) is 3.20. The Hall–Kier alpha value is -2.57. The average molecular weight is 334 g/mol. The van der Waals surface area contributed by atoms with Crippen LogP contribution in [0.2, 0.25) is 0 Å². The highest BCUT2D eigenvalue weighted by atomic mass is 19.4. The molecular weight excluding hydrogens is 317 g/mol. The quantitative estimate of drug-likeness (QED) is 0.779. The van der Waals surface area contributed by atoms with Crippen LogP contribution in [0.5, 0.6) is 0 Å². The van der Waals surface area contributed by atoms with Crippen LogP contribution in [0.15, 0.2) is 36.7 Å². The lowest BCUT2D eigenvalue weighted by atomic mass is 10.1. The van der Waals surface area contributed by atoms with E-state index in [0.29, 0.717) is 17.4 Å². The SMILES string of the molecule is CCc1nn(C)cc1CNc1ccnc2cc(C(F)(F)F)ccc12. The fourth-order valence-corrected chi connectivity index (χ4v) is 2.70. The van der Waals surface area contributed by atoms with Crippen LogP contribution in [0.3, 0.4) is 0 Å². The highest BCUT2D eigenvalue weighted by Gasteiger charge is 2.30. The van der Waals surface area contributed by atoms with Crippen LogP contribution in [-0.2, 0) is 26.2 Å². The van der Waals surface area contributed by atoms with Crippen LogP contribution in [0.1, 0.15) is 23.7 Å². The number of aromatic nitrogens is 3. The zero-order valence-corrected chi connectivity index (χ0v) is 13.4. The van der Waals surface area contributed by atoms with Gasteiger partial charge < -0.3 is 5.32 Å². The Balaban J connectivity index is 1.89. The van der Waals surface area contributed by atoms with Gasteiger partial charge in [-0.3, -0.25) is 9.67 Å². The van der Waals surface area contributed by atoms with Gasteiger partial charge in [0.25, 0.3) is 0 Å². The van der Waals surface area contributed by atoms with Gasteiger partial charge in [0.05, 0.1) is 16.8 Å². The third-order valence-corrected chi connectivity index (χ3v) is 3.87. The summed E-state index contributed by atoms with van der Waals surface area (Å²) in [6.07, 6.45) is -0.0965. The summed E-state index contributed by atoms with van der Waals surface area (Å²) >= 11 is 0. The predicted octanol–water partition coefficient (Wildman–Crippen LogP) is 4.16. The molecule has 0 aliphatic rings. The Morgan fingerprint density at radius 2 is 2.00 bits per heavy atom. The van der Waals surface area contributed by atoms with Crippen molar-refractivity contribution in [3.8, 4) is 0 Å². The number of hydrogen-bond donors (Lipinski definition) is 1. The van der Waals surface area contributed by atoms with Gasteiger partial charge in [-0.1, -0.05) is 13.0 Å². The van der Waals surface area contributed by atoms with Gasteiger partial charge in [-0.15, -0.1) is 0 Å². The Labute approximate surface area is 137 Å². The van der Waals surface area contributed by atoms with Gasteiger partial charge in [0.2, 0.25) is 0 Å². The Morgan fingerprint density at radius 1 is 1.21 bits per heavy atom. The van der Waals surface area contributed by atoms with E-state index in [1.54, 1.807) is 10.7 Å². The van der Waals surface area contributed by atoms with Gasteiger partial charge >= 0.3 is 6.18 Å². The molecule has 0 spiro atoms. The van der Waals surface area contributed by atoms with Gasteiger partial charge in [-0.25, -0.2) is 0 Å². The monoisotopic (exact) mass is 334 g/mol. The van der Waals surface area contributed by atoms with Crippen LogP contribution in [0, 0.1) is 0 Å². The topological polar surface area (TPSA) is 42.7 Å². The molecule has 0 unspecified atom stereocenters. The minimum absolute atomic E-state index is 0.316. The van der Waals surface area contributed by atoms with Gasteiger partial charge in [0.15, 0.2) is 0 Å². The summed E-state index contributed by atoms with van der Waals surface area (Å²) < 4.78 is 40.2. The molecule has 4 nitrogen and oxygen atoms in total. The molecule has 126 valence electrons. The molecule has 2 aromatic heterocycles. The molecule has 0 saturated carbocycles. The van der Waals surface area contributed by atoms with Crippen LogP contribution in [-0.4, -0.2) is 14.8 Å². The van der Waals surface area contributed by atoms with Crippen LogP contribution in [0.4, 0.5) is 18.9 Å². The summed E-state index contributed by atoms with van der Waals surface area (Å²) in [5.74, 6) is 0. The van der Waals surface area contributed by atoms with Crippen molar-refractivity contribution >= 4 is 16.6 Å². The summed E-state index contributed by atoms with van der Waals surface area (Å²) in [6.45, 7) is 2.59. The minimum Gasteiger partial charge on any atom is -0.380 e. The lowest BCUT2D eigenvalue weighted by molar-refractivity contribution is -0.137. The second-order valence-corrected chi connectivity index (χ2v) is 5.57. The summed E-state index contributed by atoms with van der Waals surface area (Å²) in [4.78, 5) is 4.05. The zero-order chi connectivity index (χ0) is 17.3. The third-order valence-electron chi connectivity index (χ3n) is 3.87. The van der Waals surface area contributed by atoms with E-state index in [1.807, 2.05) is 20.2 Å². The molecule has 0 radical (unpaired) electrons. The van der Waals surface area contributed by atoms with Crippen LogP contribution >= 0.6 is 0 Å². The Bertz CT molecular complexity index is 868. The normalized spacial score (nSPS) is 11.9. The number of anilines is 1. The maximum Gasteiger partial charge on any atom is 0.416 e. The molecule has 3 rings (SSSR count). The van der Waals surface area contributed by atoms with E-state index in [0.717, 1.165) is 35.5 Å². The van der Waals surface area contributed by atoms with E-state index in [9.17, 15) is 13.2 Å². The molecule has 0 aliphatic heterocycles. The zero-order valence-electron chi connectivity index (χ0n) is 13.4. The molecular formula is C17H17F3N4. The standard InChI is InChI=1S/C17H17F3N4/c1-3-14-11(10-24(2)23-14)9-22-15-6-7-21-16-8-12(17(18,19)20)4-5-13(15)16/h4-8,10H,3,9H2,1-2H3,(H,21,22). The summed E-state index contributed by atoms with van der Waals surface area (Å²) in [7, 11) is 1.86. The maximum absolute atomic E-state index is 12.8. The summed E-state index contributed by atoms with van der Waals surface area (Å²) in [6, 6.07) is 5.37. The number of benzene rings is 1. The molecule has 2 heterocycles. The predicted molar refractivity (Wildman–Crippen MR) is 86.7 cm³/mol. The number of hydrogen-bond acceptors (Lipinski definition) is 3. The average Bonchev–Trinajstić information content (AvgIpc) is 2.91. The van der Waals surface area contributed by atoms with E-state index in [4.69, 9.17) is 0 Å². The summed E-state index contributed by atoms with van der Waals surface area (Å²) in [5, 5.41) is 8.32. The molecule has 0 fully saturated rings. The Kier molecular flexibility index (Phi) is 4.17.